The SMILES string of the molecule is CC(C)c1sc(CCO)nc1Br. The summed E-state index contributed by atoms with van der Waals surface area (Å²) >= 11 is 5.08. The van der Waals surface area contributed by atoms with Crippen LogP contribution in [0.25, 0.3) is 0 Å². The van der Waals surface area contributed by atoms with Gasteiger partial charge in [-0.2, -0.15) is 0 Å². The average Bonchev–Trinajstić information content (AvgIpc) is 2.32. The van der Waals surface area contributed by atoms with Gasteiger partial charge in [-0.3, -0.25) is 0 Å². The summed E-state index contributed by atoms with van der Waals surface area (Å²) in [6.07, 6.45) is 0.663. The second-order valence-corrected chi connectivity index (χ2v) is 4.76. The van der Waals surface area contributed by atoms with Crippen LogP contribution in [-0.4, -0.2) is 16.7 Å². The van der Waals surface area contributed by atoms with E-state index in [4.69, 9.17) is 5.11 Å². The Hall–Kier alpha value is 0.0700. The number of rotatable bonds is 3. The van der Waals surface area contributed by atoms with Crippen LogP contribution in [0.5, 0.6) is 0 Å². The molecular weight excluding hydrogens is 238 g/mol. The summed E-state index contributed by atoms with van der Waals surface area (Å²) < 4.78 is 0.936. The van der Waals surface area contributed by atoms with Crippen molar-refractivity contribution in [2.45, 2.75) is 26.2 Å². The second-order valence-electron chi connectivity index (χ2n) is 2.89. The van der Waals surface area contributed by atoms with Crippen LogP contribution in [0.4, 0.5) is 0 Å². The highest BCUT2D eigenvalue weighted by molar-refractivity contribution is 9.10. The van der Waals surface area contributed by atoms with E-state index in [2.05, 4.69) is 34.8 Å². The Morgan fingerprint density at radius 3 is 2.67 bits per heavy atom. The molecule has 0 fully saturated rings. The first-order valence-corrected chi connectivity index (χ1v) is 5.52. The fourth-order valence-electron chi connectivity index (χ4n) is 0.915. The number of hydrogen-bond donors (Lipinski definition) is 1. The van der Waals surface area contributed by atoms with Gasteiger partial charge >= 0.3 is 0 Å². The van der Waals surface area contributed by atoms with Crippen molar-refractivity contribution in [1.29, 1.82) is 0 Å². The molecule has 0 amide bonds. The summed E-state index contributed by atoms with van der Waals surface area (Å²) in [7, 11) is 0. The third kappa shape index (κ3) is 2.28. The van der Waals surface area contributed by atoms with Gasteiger partial charge in [0.25, 0.3) is 0 Å². The van der Waals surface area contributed by atoms with Gasteiger partial charge in [-0.25, -0.2) is 4.98 Å². The van der Waals surface area contributed by atoms with Crippen molar-refractivity contribution < 1.29 is 5.11 Å². The molecule has 0 atom stereocenters. The first-order chi connectivity index (χ1) is 5.65. The molecule has 0 unspecified atom stereocenters. The van der Waals surface area contributed by atoms with Crippen LogP contribution in [0.3, 0.4) is 0 Å². The number of nitrogens with zero attached hydrogens (tertiary/aromatic N) is 1. The van der Waals surface area contributed by atoms with Gasteiger partial charge in [0.1, 0.15) is 4.60 Å². The third-order valence-electron chi connectivity index (χ3n) is 1.50. The van der Waals surface area contributed by atoms with Crippen molar-refractivity contribution in [3.63, 3.8) is 0 Å². The van der Waals surface area contributed by atoms with Gasteiger partial charge in [-0.05, 0) is 21.8 Å². The molecule has 0 aliphatic carbocycles. The highest BCUT2D eigenvalue weighted by Crippen LogP contribution is 2.30. The number of aliphatic hydroxyl groups is 1. The van der Waals surface area contributed by atoms with Gasteiger partial charge in [0, 0.05) is 17.9 Å². The minimum absolute atomic E-state index is 0.178. The molecule has 1 rings (SSSR count). The zero-order chi connectivity index (χ0) is 9.14. The fraction of sp³-hybridized carbons (Fsp3) is 0.625. The van der Waals surface area contributed by atoms with E-state index in [1.807, 2.05) is 0 Å². The van der Waals surface area contributed by atoms with Crippen LogP contribution in [-0.2, 0) is 6.42 Å². The Bertz CT molecular complexity index is 260. The second kappa shape index (κ2) is 4.35. The summed E-state index contributed by atoms with van der Waals surface area (Å²) in [5.41, 5.74) is 0. The Balaban J connectivity index is 2.85. The molecule has 0 bridgehead atoms. The molecule has 12 heavy (non-hydrogen) atoms. The molecule has 1 N–H and O–H groups in total. The van der Waals surface area contributed by atoms with E-state index in [9.17, 15) is 0 Å². The van der Waals surface area contributed by atoms with E-state index in [1.54, 1.807) is 11.3 Å². The summed E-state index contributed by atoms with van der Waals surface area (Å²) in [5.74, 6) is 0.504. The predicted molar refractivity (Wildman–Crippen MR) is 54.7 cm³/mol. The lowest BCUT2D eigenvalue weighted by Crippen LogP contribution is -1.87. The number of halogens is 1. The van der Waals surface area contributed by atoms with Crippen molar-refractivity contribution >= 4 is 27.3 Å². The largest absolute Gasteiger partial charge is 0.396 e. The zero-order valence-corrected chi connectivity index (χ0v) is 9.57. The van der Waals surface area contributed by atoms with E-state index >= 15 is 0 Å². The number of aromatic nitrogens is 1. The molecule has 0 saturated heterocycles. The first kappa shape index (κ1) is 10.2. The van der Waals surface area contributed by atoms with Crippen molar-refractivity contribution in [2.24, 2.45) is 0 Å². The van der Waals surface area contributed by atoms with E-state index in [0.717, 1.165) is 9.61 Å². The van der Waals surface area contributed by atoms with E-state index in [1.165, 1.54) is 4.88 Å². The van der Waals surface area contributed by atoms with Crippen LogP contribution in [0.1, 0.15) is 29.7 Å². The number of aliphatic hydroxyl groups excluding tert-OH is 1. The summed E-state index contributed by atoms with van der Waals surface area (Å²) in [6.45, 7) is 4.46. The molecule has 0 aromatic carbocycles. The predicted octanol–water partition coefficient (Wildman–Crippen LogP) is 2.56. The highest BCUT2D eigenvalue weighted by Gasteiger charge is 2.10. The lowest BCUT2D eigenvalue weighted by molar-refractivity contribution is 0.299. The molecule has 1 aromatic heterocycles. The number of hydrogen-bond acceptors (Lipinski definition) is 3. The van der Waals surface area contributed by atoms with Gasteiger partial charge in [0.15, 0.2) is 0 Å². The van der Waals surface area contributed by atoms with E-state index in [-0.39, 0.29) is 6.61 Å². The van der Waals surface area contributed by atoms with E-state index < -0.39 is 0 Å². The minimum atomic E-state index is 0.178. The first-order valence-electron chi connectivity index (χ1n) is 3.91. The van der Waals surface area contributed by atoms with Gasteiger partial charge in [0.2, 0.25) is 0 Å². The van der Waals surface area contributed by atoms with Crippen LogP contribution < -0.4 is 0 Å². The lowest BCUT2D eigenvalue weighted by Gasteiger charge is -1.98. The highest BCUT2D eigenvalue weighted by atomic mass is 79.9. The maximum atomic E-state index is 8.71. The molecular formula is C8H12BrNOS. The van der Waals surface area contributed by atoms with Crippen LogP contribution in [0.2, 0.25) is 0 Å². The smallest absolute Gasteiger partial charge is 0.120 e. The quantitative estimate of drug-likeness (QED) is 0.894. The van der Waals surface area contributed by atoms with Crippen molar-refractivity contribution in [3.8, 4) is 0 Å². The van der Waals surface area contributed by atoms with Gasteiger partial charge in [0.05, 0.1) is 5.01 Å². The van der Waals surface area contributed by atoms with Crippen molar-refractivity contribution in [1.82, 2.24) is 4.98 Å². The fourth-order valence-corrected chi connectivity index (χ4v) is 2.90. The Morgan fingerprint density at radius 2 is 2.25 bits per heavy atom. The zero-order valence-electron chi connectivity index (χ0n) is 7.17. The molecule has 1 heterocycles. The molecule has 1 aromatic rings. The molecule has 68 valence electrons. The average molecular weight is 250 g/mol. The van der Waals surface area contributed by atoms with Crippen LogP contribution in [0.15, 0.2) is 4.60 Å². The monoisotopic (exact) mass is 249 g/mol. The van der Waals surface area contributed by atoms with Gasteiger partial charge in [-0.1, -0.05) is 13.8 Å². The topological polar surface area (TPSA) is 33.1 Å². The standard InChI is InChI=1S/C8H12BrNOS/c1-5(2)7-8(9)10-6(12-7)3-4-11/h5,11H,3-4H2,1-2H3. The van der Waals surface area contributed by atoms with E-state index in [0.29, 0.717) is 12.3 Å². The van der Waals surface area contributed by atoms with Crippen molar-refractivity contribution in [3.05, 3.63) is 14.5 Å². The molecule has 0 radical (unpaired) electrons. The third-order valence-corrected chi connectivity index (χ3v) is 3.79. The van der Waals surface area contributed by atoms with Crippen molar-refractivity contribution in [2.75, 3.05) is 6.61 Å². The number of thiazole rings is 1. The minimum Gasteiger partial charge on any atom is -0.396 e. The van der Waals surface area contributed by atoms with Gasteiger partial charge < -0.3 is 5.11 Å². The summed E-state index contributed by atoms with van der Waals surface area (Å²) in [4.78, 5) is 5.56. The summed E-state index contributed by atoms with van der Waals surface area (Å²) in [6, 6.07) is 0. The molecule has 0 aliphatic rings. The molecule has 0 saturated carbocycles. The maximum Gasteiger partial charge on any atom is 0.120 e. The molecule has 4 heteroatoms. The summed E-state index contributed by atoms with van der Waals surface area (Å²) in [5, 5.41) is 9.72. The van der Waals surface area contributed by atoms with Gasteiger partial charge in [-0.15, -0.1) is 11.3 Å². The Kier molecular flexibility index (Phi) is 3.68. The molecule has 0 spiro atoms. The van der Waals surface area contributed by atoms with Crippen LogP contribution >= 0.6 is 27.3 Å². The maximum absolute atomic E-state index is 8.71. The Labute approximate surface area is 84.8 Å². The molecule has 2 nitrogen and oxygen atoms in total. The normalized spacial score (nSPS) is 11.1. The molecule has 0 aliphatic heterocycles. The Morgan fingerprint density at radius 1 is 1.58 bits per heavy atom. The van der Waals surface area contributed by atoms with Crippen LogP contribution in [0, 0.1) is 0 Å². The lowest BCUT2D eigenvalue weighted by atomic mass is 10.2.